The monoisotopic (exact) mass is 334 g/mol. The normalized spacial score (nSPS) is 30.5. The lowest BCUT2D eigenvalue weighted by atomic mass is 9.69. The van der Waals surface area contributed by atoms with Crippen LogP contribution >= 0.6 is 0 Å². The van der Waals surface area contributed by atoms with Crippen molar-refractivity contribution in [2.24, 2.45) is 16.7 Å². The van der Waals surface area contributed by atoms with Gasteiger partial charge in [-0.3, -0.25) is 0 Å². The number of rotatable bonds is 6. The fraction of sp³-hybridized carbons (Fsp3) is 0.737. The summed E-state index contributed by atoms with van der Waals surface area (Å²) in [5.74, 6) is 1.51. The van der Waals surface area contributed by atoms with Crippen LogP contribution in [-0.4, -0.2) is 37.2 Å². The average molecular weight is 334 g/mol. The molecule has 134 valence electrons. The first-order valence-electron chi connectivity index (χ1n) is 8.95. The third-order valence-electron chi connectivity index (χ3n) is 6.87. The minimum atomic E-state index is -0.0157. The van der Waals surface area contributed by atoms with Crippen molar-refractivity contribution in [2.75, 3.05) is 20.3 Å². The van der Waals surface area contributed by atoms with Crippen molar-refractivity contribution >= 4 is 6.03 Å². The molecule has 0 aromatic carbocycles. The van der Waals surface area contributed by atoms with Crippen LogP contribution in [-0.2, 0) is 11.3 Å². The molecule has 2 fully saturated rings. The van der Waals surface area contributed by atoms with Gasteiger partial charge >= 0.3 is 6.03 Å². The van der Waals surface area contributed by atoms with E-state index in [4.69, 9.17) is 9.15 Å². The topological polar surface area (TPSA) is 54.7 Å². The summed E-state index contributed by atoms with van der Waals surface area (Å²) in [6.07, 6.45) is 5.22. The Labute approximate surface area is 144 Å². The highest BCUT2D eigenvalue weighted by atomic mass is 16.5. The summed E-state index contributed by atoms with van der Waals surface area (Å²) in [5.41, 5.74) is 0.480. The highest BCUT2D eigenvalue weighted by molar-refractivity contribution is 5.74. The van der Waals surface area contributed by atoms with Crippen molar-refractivity contribution in [2.45, 2.75) is 52.6 Å². The molecule has 2 amide bonds. The Kier molecular flexibility index (Phi) is 4.65. The lowest BCUT2D eigenvalue weighted by Crippen LogP contribution is -2.51. The number of carbonyl (C=O) groups is 1. The summed E-state index contributed by atoms with van der Waals surface area (Å²) in [5, 5.41) is 3.32. The van der Waals surface area contributed by atoms with Gasteiger partial charge in [0.25, 0.3) is 0 Å². The van der Waals surface area contributed by atoms with Crippen LogP contribution in [0, 0.1) is 16.7 Å². The minimum absolute atomic E-state index is 0.0157. The number of nitrogens with one attached hydrogen (secondary N) is 1. The van der Waals surface area contributed by atoms with Gasteiger partial charge in [-0.15, -0.1) is 0 Å². The first kappa shape index (κ1) is 17.3. The molecule has 3 rings (SSSR count). The van der Waals surface area contributed by atoms with E-state index >= 15 is 0 Å². The second kappa shape index (κ2) is 6.43. The number of nitrogens with zero attached hydrogens (tertiary/aromatic N) is 1. The Hall–Kier alpha value is -1.49. The third-order valence-corrected chi connectivity index (χ3v) is 6.87. The molecule has 0 spiro atoms. The Morgan fingerprint density at radius 2 is 2.25 bits per heavy atom. The molecule has 3 atom stereocenters. The molecule has 5 heteroatoms. The van der Waals surface area contributed by atoms with Crippen molar-refractivity contribution in [1.29, 1.82) is 0 Å². The number of furan rings is 1. The number of urea groups is 1. The number of fused-ring (bicyclic) bond motifs is 2. The van der Waals surface area contributed by atoms with Crippen LogP contribution in [0.2, 0.25) is 0 Å². The summed E-state index contributed by atoms with van der Waals surface area (Å²) in [6.45, 7) is 8.61. The highest BCUT2D eigenvalue weighted by Gasteiger charge is 2.61. The molecule has 24 heavy (non-hydrogen) atoms. The van der Waals surface area contributed by atoms with Crippen molar-refractivity contribution < 1.29 is 13.9 Å². The summed E-state index contributed by atoms with van der Waals surface area (Å²) in [4.78, 5) is 14.7. The molecule has 0 aliphatic heterocycles. The Balaban J connectivity index is 1.67. The summed E-state index contributed by atoms with van der Waals surface area (Å²) >= 11 is 0. The van der Waals surface area contributed by atoms with Gasteiger partial charge in [0.1, 0.15) is 5.76 Å². The van der Waals surface area contributed by atoms with Gasteiger partial charge in [0.05, 0.1) is 19.4 Å². The molecule has 5 nitrogen and oxygen atoms in total. The van der Waals surface area contributed by atoms with E-state index in [-0.39, 0.29) is 17.5 Å². The van der Waals surface area contributed by atoms with Crippen LogP contribution in [0.3, 0.4) is 0 Å². The van der Waals surface area contributed by atoms with E-state index in [1.807, 2.05) is 12.1 Å². The zero-order chi connectivity index (χ0) is 17.4. The summed E-state index contributed by atoms with van der Waals surface area (Å²) < 4.78 is 10.6. The van der Waals surface area contributed by atoms with Crippen LogP contribution in [0.1, 0.15) is 45.8 Å². The first-order chi connectivity index (χ1) is 11.4. The smallest absolute Gasteiger partial charge is 0.318 e. The standard InChI is InChI=1S/C19H30N2O3/c1-18(2)14-7-8-19(18,3)16(12-14)20-17(22)21(9-11-23-4)13-15-6-5-10-24-15/h5-6,10,14,16H,7-9,11-13H2,1-4H3,(H,20,22). The largest absolute Gasteiger partial charge is 0.467 e. The van der Waals surface area contributed by atoms with Crippen molar-refractivity contribution in [3.63, 3.8) is 0 Å². The Bertz CT molecular complexity index is 569. The maximum Gasteiger partial charge on any atom is 0.318 e. The van der Waals surface area contributed by atoms with E-state index in [1.165, 1.54) is 12.8 Å². The van der Waals surface area contributed by atoms with Gasteiger partial charge in [0.15, 0.2) is 0 Å². The molecule has 2 bridgehead atoms. The van der Waals surface area contributed by atoms with Gasteiger partial charge in [-0.05, 0) is 48.1 Å². The fourth-order valence-electron chi connectivity index (χ4n) is 4.71. The minimum Gasteiger partial charge on any atom is -0.467 e. The van der Waals surface area contributed by atoms with Gasteiger partial charge in [-0.2, -0.15) is 0 Å². The van der Waals surface area contributed by atoms with E-state index in [2.05, 4.69) is 26.1 Å². The lowest BCUT2D eigenvalue weighted by Gasteiger charge is -2.40. The quantitative estimate of drug-likeness (QED) is 0.864. The van der Waals surface area contributed by atoms with E-state index in [9.17, 15) is 4.79 Å². The molecule has 2 aliphatic rings. The van der Waals surface area contributed by atoms with Crippen LogP contribution < -0.4 is 5.32 Å². The van der Waals surface area contributed by atoms with Crippen molar-refractivity contribution in [3.8, 4) is 0 Å². The molecule has 0 saturated heterocycles. The number of methoxy groups -OCH3 is 1. The van der Waals surface area contributed by atoms with Gasteiger partial charge in [0, 0.05) is 19.7 Å². The molecular formula is C19H30N2O3. The summed E-state index contributed by atoms with van der Waals surface area (Å²) in [7, 11) is 1.66. The first-order valence-corrected chi connectivity index (χ1v) is 8.95. The lowest BCUT2D eigenvalue weighted by molar-refractivity contribution is 0.110. The average Bonchev–Trinajstić information content (AvgIpc) is 3.17. The third kappa shape index (κ3) is 2.83. The number of carbonyl (C=O) groups excluding carboxylic acids is 1. The second-order valence-electron chi connectivity index (χ2n) is 8.11. The Morgan fingerprint density at radius 1 is 1.46 bits per heavy atom. The number of hydrogen-bond donors (Lipinski definition) is 1. The maximum absolute atomic E-state index is 12.9. The molecule has 3 unspecified atom stereocenters. The number of amides is 2. The second-order valence-corrected chi connectivity index (χ2v) is 8.11. The van der Waals surface area contributed by atoms with Crippen molar-refractivity contribution in [3.05, 3.63) is 24.2 Å². The zero-order valence-corrected chi connectivity index (χ0v) is 15.3. The van der Waals surface area contributed by atoms with E-state index < -0.39 is 0 Å². The van der Waals surface area contributed by atoms with Gasteiger partial charge < -0.3 is 19.4 Å². The van der Waals surface area contributed by atoms with E-state index in [0.717, 1.165) is 12.2 Å². The fourth-order valence-corrected chi connectivity index (χ4v) is 4.71. The van der Waals surface area contributed by atoms with Gasteiger partial charge in [0.2, 0.25) is 0 Å². The molecule has 1 aromatic heterocycles. The Morgan fingerprint density at radius 3 is 2.79 bits per heavy atom. The molecule has 2 saturated carbocycles. The molecule has 1 heterocycles. The molecule has 1 N–H and O–H groups in total. The maximum atomic E-state index is 12.9. The van der Waals surface area contributed by atoms with Crippen molar-refractivity contribution in [1.82, 2.24) is 10.2 Å². The van der Waals surface area contributed by atoms with Gasteiger partial charge in [-0.1, -0.05) is 20.8 Å². The van der Waals surface area contributed by atoms with Crippen LogP contribution in [0.15, 0.2) is 22.8 Å². The van der Waals surface area contributed by atoms with Gasteiger partial charge in [-0.25, -0.2) is 4.79 Å². The highest BCUT2D eigenvalue weighted by Crippen LogP contribution is 2.65. The van der Waals surface area contributed by atoms with Crippen LogP contribution in [0.5, 0.6) is 0 Å². The molecular weight excluding hydrogens is 304 g/mol. The van der Waals surface area contributed by atoms with Crippen LogP contribution in [0.25, 0.3) is 0 Å². The van der Waals surface area contributed by atoms with E-state index in [1.54, 1.807) is 18.3 Å². The summed E-state index contributed by atoms with van der Waals surface area (Å²) in [6, 6.07) is 3.98. The predicted octanol–water partition coefficient (Wildman–Crippen LogP) is 3.65. The predicted molar refractivity (Wildman–Crippen MR) is 92.5 cm³/mol. The molecule has 0 radical (unpaired) electrons. The molecule has 1 aromatic rings. The molecule has 2 aliphatic carbocycles. The van der Waals surface area contributed by atoms with E-state index in [0.29, 0.717) is 31.0 Å². The number of ether oxygens (including phenoxy) is 1. The van der Waals surface area contributed by atoms with Crippen LogP contribution in [0.4, 0.5) is 4.79 Å². The number of hydrogen-bond acceptors (Lipinski definition) is 3. The SMILES string of the molecule is COCCN(Cc1ccco1)C(=O)NC1CC2CCC1(C)C2(C)C. The zero-order valence-electron chi connectivity index (χ0n) is 15.3.